The van der Waals surface area contributed by atoms with Gasteiger partial charge in [0.2, 0.25) is 10.0 Å². The fourth-order valence-corrected chi connectivity index (χ4v) is 4.43. The molecule has 2 aliphatic rings. The van der Waals surface area contributed by atoms with Crippen molar-refractivity contribution in [2.24, 2.45) is 5.92 Å². The van der Waals surface area contributed by atoms with Gasteiger partial charge in [0.15, 0.2) is 0 Å². The second-order valence-corrected chi connectivity index (χ2v) is 9.02. The SMILES string of the molecule is CC(C)S(=O)(=O)N1CC[C@@H](N[C@H]2C[C@@H](C)OC2=O)[C@H](C)C1. The highest BCUT2D eigenvalue weighted by Crippen LogP contribution is 2.24. The summed E-state index contributed by atoms with van der Waals surface area (Å²) in [6.45, 7) is 8.36. The van der Waals surface area contributed by atoms with Crippen LogP contribution >= 0.6 is 0 Å². The van der Waals surface area contributed by atoms with Crippen LogP contribution in [0.4, 0.5) is 0 Å². The molecule has 2 rings (SSSR count). The molecule has 0 aromatic heterocycles. The minimum atomic E-state index is -3.19. The third-order valence-electron chi connectivity index (χ3n) is 4.41. The summed E-state index contributed by atoms with van der Waals surface area (Å²) < 4.78 is 31.1. The number of carbonyl (C=O) groups is 1. The maximum absolute atomic E-state index is 12.2. The van der Waals surface area contributed by atoms with E-state index >= 15 is 0 Å². The third kappa shape index (κ3) is 3.57. The third-order valence-corrected chi connectivity index (χ3v) is 6.65. The van der Waals surface area contributed by atoms with E-state index in [0.717, 1.165) is 6.42 Å². The Morgan fingerprint density at radius 2 is 2.00 bits per heavy atom. The van der Waals surface area contributed by atoms with Crippen LogP contribution in [0, 0.1) is 5.92 Å². The number of cyclic esters (lactones) is 1. The van der Waals surface area contributed by atoms with Crippen LogP contribution in [0.5, 0.6) is 0 Å². The molecule has 0 unspecified atom stereocenters. The molecule has 2 heterocycles. The molecule has 2 aliphatic heterocycles. The number of piperidine rings is 1. The van der Waals surface area contributed by atoms with E-state index in [1.165, 1.54) is 0 Å². The predicted molar refractivity (Wildman–Crippen MR) is 80.3 cm³/mol. The number of sulfonamides is 1. The first-order valence-corrected chi connectivity index (χ1v) is 9.17. The summed E-state index contributed by atoms with van der Waals surface area (Å²) in [5.41, 5.74) is 0. The lowest BCUT2D eigenvalue weighted by molar-refractivity contribution is -0.142. The minimum Gasteiger partial charge on any atom is -0.461 e. The van der Waals surface area contributed by atoms with E-state index in [1.54, 1.807) is 18.2 Å². The van der Waals surface area contributed by atoms with E-state index in [1.807, 2.05) is 13.8 Å². The van der Waals surface area contributed by atoms with Crippen LogP contribution in [0.25, 0.3) is 0 Å². The summed E-state index contributed by atoms with van der Waals surface area (Å²) in [4.78, 5) is 11.7. The minimum absolute atomic E-state index is 0.0355. The molecule has 0 radical (unpaired) electrons. The molecular formula is C14H26N2O4S. The Morgan fingerprint density at radius 1 is 1.33 bits per heavy atom. The fourth-order valence-electron chi connectivity index (χ4n) is 3.04. The number of nitrogens with one attached hydrogen (secondary N) is 1. The van der Waals surface area contributed by atoms with E-state index in [0.29, 0.717) is 19.5 Å². The Morgan fingerprint density at radius 3 is 2.48 bits per heavy atom. The van der Waals surface area contributed by atoms with Crippen LogP contribution in [-0.4, -0.2) is 55.2 Å². The predicted octanol–water partition coefficient (Wildman–Crippen LogP) is 0.729. The molecule has 4 atom stereocenters. The van der Waals surface area contributed by atoms with E-state index in [-0.39, 0.29) is 35.3 Å². The molecule has 1 N–H and O–H groups in total. The largest absolute Gasteiger partial charge is 0.461 e. The molecule has 0 aromatic carbocycles. The molecular weight excluding hydrogens is 292 g/mol. The molecule has 7 heteroatoms. The van der Waals surface area contributed by atoms with Gasteiger partial charge in [-0.2, -0.15) is 0 Å². The fraction of sp³-hybridized carbons (Fsp3) is 0.929. The van der Waals surface area contributed by atoms with Crippen molar-refractivity contribution in [3.63, 3.8) is 0 Å². The Bertz CT molecular complexity index is 491. The highest BCUT2D eigenvalue weighted by atomic mass is 32.2. The zero-order valence-electron chi connectivity index (χ0n) is 13.2. The molecule has 0 aromatic rings. The van der Waals surface area contributed by atoms with Crippen molar-refractivity contribution in [3.05, 3.63) is 0 Å². The monoisotopic (exact) mass is 318 g/mol. The molecule has 6 nitrogen and oxygen atoms in total. The quantitative estimate of drug-likeness (QED) is 0.773. The second-order valence-electron chi connectivity index (χ2n) is 6.53. The van der Waals surface area contributed by atoms with Gasteiger partial charge >= 0.3 is 5.97 Å². The number of esters is 1. The van der Waals surface area contributed by atoms with Crippen molar-refractivity contribution in [3.8, 4) is 0 Å². The Hall–Kier alpha value is -0.660. The first kappa shape index (κ1) is 16.7. The average molecular weight is 318 g/mol. The lowest BCUT2D eigenvalue weighted by Gasteiger charge is -2.38. The summed E-state index contributed by atoms with van der Waals surface area (Å²) in [5.74, 6) is -0.0112. The van der Waals surface area contributed by atoms with Gasteiger partial charge in [-0.25, -0.2) is 12.7 Å². The zero-order chi connectivity index (χ0) is 15.8. The van der Waals surface area contributed by atoms with Crippen LogP contribution in [0.2, 0.25) is 0 Å². The summed E-state index contributed by atoms with van der Waals surface area (Å²) in [6.07, 6.45) is 1.38. The maximum atomic E-state index is 12.2. The standard InChI is InChI=1S/C14H26N2O4S/c1-9(2)21(18,19)16-6-5-12(10(3)8-16)15-13-7-11(4)20-14(13)17/h9-13,15H,5-8H2,1-4H3/t10-,11-,12-,13+/m1/s1. The number of hydrogen-bond acceptors (Lipinski definition) is 5. The molecule has 0 amide bonds. The van der Waals surface area contributed by atoms with Gasteiger partial charge in [-0.05, 0) is 33.1 Å². The van der Waals surface area contributed by atoms with Crippen LogP contribution in [0.1, 0.15) is 40.5 Å². The van der Waals surface area contributed by atoms with Crippen molar-refractivity contribution < 1.29 is 17.9 Å². The number of ether oxygens (including phenoxy) is 1. The zero-order valence-corrected chi connectivity index (χ0v) is 14.0. The van der Waals surface area contributed by atoms with Crippen LogP contribution in [0.3, 0.4) is 0 Å². The van der Waals surface area contributed by atoms with E-state index in [2.05, 4.69) is 5.32 Å². The van der Waals surface area contributed by atoms with Gasteiger partial charge in [-0.1, -0.05) is 6.92 Å². The lowest BCUT2D eigenvalue weighted by atomic mass is 9.94. The summed E-state index contributed by atoms with van der Waals surface area (Å²) in [5, 5.41) is 2.96. The van der Waals surface area contributed by atoms with Gasteiger partial charge in [-0.3, -0.25) is 4.79 Å². The molecule has 0 saturated carbocycles. The van der Waals surface area contributed by atoms with Gasteiger partial charge in [0.05, 0.1) is 5.25 Å². The maximum Gasteiger partial charge on any atom is 0.323 e. The number of nitrogens with zero attached hydrogens (tertiary/aromatic N) is 1. The summed E-state index contributed by atoms with van der Waals surface area (Å²) in [7, 11) is -3.19. The van der Waals surface area contributed by atoms with E-state index in [9.17, 15) is 13.2 Å². The van der Waals surface area contributed by atoms with Crippen molar-refractivity contribution in [1.29, 1.82) is 0 Å². The molecule has 0 bridgehead atoms. The summed E-state index contributed by atoms with van der Waals surface area (Å²) >= 11 is 0. The number of hydrogen-bond donors (Lipinski definition) is 1. The van der Waals surface area contributed by atoms with Crippen molar-refractivity contribution in [2.75, 3.05) is 13.1 Å². The molecule has 0 aliphatic carbocycles. The Labute approximate surface area is 127 Å². The van der Waals surface area contributed by atoms with Crippen molar-refractivity contribution in [1.82, 2.24) is 9.62 Å². The van der Waals surface area contributed by atoms with Crippen molar-refractivity contribution >= 4 is 16.0 Å². The molecule has 2 saturated heterocycles. The molecule has 2 fully saturated rings. The van der Waals surface area contributed by atoms with E-state index in [4.69, 9.17) is 4.74 Å². The lowest BCUT2D eigenvalue weighted by Crippen LogP contribution is -2.54. The average Bonchev–Trinajstić information content (AvgIpc) is 2.70. The topological polar surface area (TPSA) is 75.7 Å². The summed E-state index contributed by atoms with van der Waals surface area (Å²) in [6, 6.07) is -0.0906. The first-order valence-electron chi connectivity index (χ1n) is 7.67. The smallest absolute Gasteiger partial charge is 0.323 e. The Balaban J connectivity index is 1.94. The molecule has 0 spiro atoms. The van der Waals surface area contributed by atoms with E-state index < -0.39 is 10.0 Å². The molecule has 21 heavy (non-hydrogen) atoms. The number of carbonyl (C=O) groups excluding carboxylic acids is 1. The Kier molecular flexibility index (Phi) is 4.95. The highest BCUT2D eigenvalue weighted by molar-refractivity contribution is 7.89. The van der Waals surface area contributed by atoms with Gasteiger partial charge in [0, 0.05) is 25.6 Å². The van der Waals surface area contributed by atoms with Gasteiger partial charge < -0.3 is 10.1 Å². The highest BCUT2D eigenvalue weighted by Gasteiger charge is 2.38. The van der Waals surface area contributed by atoms with Crippen molar-refractivity contribution in [2.45, 2.75) is 64.0 Å². The van der Waals surface area contributed by atoms with Gasteiger partial charge in [-0.15, -0.1) is 0 Å². The van der Waals surface area contributed by atoms with Gasteiger partial charge in [0.1, 0.15) is 12.1 Å². The van der Waals surface area contributed by atoms with Gasteiger partial charge in [0.25, 0.3) is 0 Å². The van der Waals surface area contributed by atoms with Crippen LogP contribution in [-0.2, 0) is 19.6 Å². The number of rotatable bonds is 4. The van der Waals surface area contributed by atoms with Crippen LogP contribution in [0.15, 0.2) is 0 Å². The van der Waals surface area contributed by atoms with Crippen LogP contribution < -0.4 is 5.32 Å². The molecule has 122 valence electrons. The normalized spacial score (nSPS) is 35.2. The second kappa shape index (κ2) is 6.22. The first-order chi connectivity index (χ1) is 9.71.